The Balaban J connectivity index is 3.56. The monoisotopic (exact) mass is 747 g/mol. The number of amides is 9. The molecule has 0 aromatic heterocycles. The fraction of sp³-hybridized carbons (Fsp3) is 0.690. The second-order valence-electron chi connectivity index (χ2n) is 11.8. The Labute approximate surface area is 298 Å². The molecular formula is C29H49N9O14. The maximum atomic E-state index is 13.6. The average Bonchev–Trinajstić information content (AvgIpc) is 3.09. The van der Waals surface area contributed by atoms with Crippen LogP contribution in [0.25, 0.3) is 0 Å². The molecule has 1 saturated heterocycles. The lowest BCUT2D eigenvalue weighted by molar-refractivity contribution is -0.163. The van der Waals surface area contributed by atoms with E-state index >= 15 is 0 Å². The van der Waals surface area contributed by atoms with Crippen LogP contribution < -0.4 is 31.9 Å². The molecule has 5 atom stereocenters. The molecule has 0 aromatic carbocycles. The average molecular weight is 748 g/mol. The number of rotatable bonds is 14. The van der Waals surface area contributed by atoms with Crippen molar-refractivity contribution in [3.05, 3.63) is 0 Å². The van der Waals surface area contributed by atoms with Crippen molar-refractivity contribution in [1.82, 2.24) is 47.1 Å². The topological polar surface area (TPSA) is 337 Å². The van der Waals surface area contributed by atoms with E-state index < -0.39 is 103 Å². The van der Waals surface area contributed by atoms with Crippen LogP contribution in [0.5, 0.6) is 0 Å². The van der Waals surface area contributed by atoms with Crippen molar-refractivity contribution < 1.29 is 69.0 Å². The summed E-state index contributed by atoms with van der Waals surface area (Å²) in [6.07, 6.45) is -0.960. The minimum Gasteiger partial charge on any atom is -0.394 e. The van der Waals surface area contributed by atoms with Crippen LogP contribution >= 0.6 is 0 Å². The first kappa shape index (κ1) is 45.1. The molecule has 9 amide bonds. The van der Waals surface area contributed by atoms with Crippen molar-refractivity contribution in [2.75, 3.05) is 39.4 Å². The molecule has 0 aromatic rings. The summed E-state index contributed by atoms with van der Waals surface area (Å²) in [5, 5.41) is 63.7. The fourth-order valence-electron chi connectivity index (χ4n) is 4.63. The van der Waals surface area contributed by atoms with Gasteiger partial charge in [0, 0.05) is 40.4 Å². The Bertz CT molecular complexity index is 1300. The maximum Gasteiger partial charge on any atom is 0.245 e. The van der Waals surface area contributed by atoms with Crippen LogP contribution in [0.2, 0.25) is 0 Å². The molecular weight excluding hydrogens is 698 g/mol. The Morgan fingerprint density at radius 2 is 0.808 bits per heavy atom. The molecule has 1 aliphatic heterocycles. The molecule has 0 saturated carbocycles. The van der Waals surface area contributed by atoms with E-state index in [2.05, 4.69) is 31.9 Å². The van der Waals surface area contributed by atoms with Gasteiger partial charge in [0.1, 0.15) is 30.2 Å². The molecule has 5 unspecified atom stereocenters. The molecule has 0 radical (unpaired) electrons. The Kier molecular flexibility index (Phi) is 19.7. The Hall–Kier alpha value is -4.97. The third kappa shape index (κ3) is 15.9. The lowest BCUT2D eigenvalue weighted by atomic mass is 10.0. The van der Waals surface area contributed by atoms with E-state index in [-0.39, 0.29) is 58.2 Å². The zero-order valence-electron chi connectivity index (χ0n) is 29.1. The SMILES string of the molecule is CC(=O)N(O)CCCC1NC(=O)C(CCCN(O)C(C)=O)NC(=O)C(CCCN(O)C(C)=O)NC(=O)C(CO)NC(=O)C(CO)NC(=O)CNC1=O. The van der Waals surface area contributed by atoms with E-state index in [1.54, 1.807) is 0 Å². The third-order valence-corrected chi connectivity index (χ3v) is 7.65. The minimum atomic E-state index is -1.72. The number of aliphatic hydroxyl groups is 2. The predicted molar refractivity (Wildman–Crippen MR) is 172 cm³/mol. The van der Waals surface area contributed by atoms with Gasteiger partial charge in [-0.15, -0.1) is 0 Å². The van der Waals surface area contributed by atoms with Gasteiger partial charge in [0.25, 0.3) is 0 Å². The highest BCUT2D eigenvalue weighted by Gasteiger charge is 2.33. The van der Waals surface area contributed by atoms with Gasteiger partial charge in [-0.2, -0.15) is 0 Å². The zero-order chi connectivity index (χ0) is 39.5. The standard InChI is InChI=1S/C29H49N9O14/c1-16(41)36(50)10-4-7-19-25(45)30-13-24(44)31-22(14-39)28(48)35-23(15-40)29(49)34-21(9-6-12-38(52)18(3)43)27(47)33-20(26(46)32-19)8-5-11-37(51)17(2)42/h19-23,39-40,50-52H,4-15H2,1-3H3,(H,30,45)(H,31,44)(H,32,46)(H,33,47)(H,34,49)(H,35,48). The third-order valence-electron chi connectivity index (χ3n) is 7.65. The summed E-state index contributed by atoms with van der Waals surface area (Å²) >= 11 is 0. The van der Waals surface area contributed by atoms with Crippen LogP contribution in [-0.4, -0.2) is 164 Å². The van der Waals surface area contributed by atoms with Gasteiger partial charge >= 0.3 is 0 Å². The largest absolute Gasteiger partial charge is 0.394 e. The van der Waals surface area contributed by atoms with E-state index in [9.17, 15) is 69.0 Å². The van der Waals surface area contributed by atoms with Crippen LogP contribution in [0.15, 0.2) is 0 Å². The van der Waals surface area contributed by atoms with Crippen LogP contribution in [0.3, 0.4) is 0 Å². The highest BCUT2D eigenvalue weighted by Crippen LogP contribution is 2.08. The number of hydrogen-bond donors (Lipinski definition) is 11. The van der Waals surface area contributed by atoms with Crippen molar-refractivity contribution in [2.24, 2.45) is 0 Å². The summed E-state index contributed by atoms with van der Waals surface area (Å²) in [6.45, 7) is -0.358. The van der Waals surface area contributed by atoms with Gasteiger partial charge in [-0.25, -0.2) is 15.2 Å². The summed E-state index contributed by atoms with van der Waals surface area (Å²) < 4.78 is 0. The first-order valence-corrected chi connectivity index (χ1v) is 16.3. The second-order valence-corrected chi connectivity index (χ2v) is 11.8. The molecule has 23 heteroatoms. The van der Waals surface area contributed by atoms with Gasteiger partial charge in [-0.3, -0.25) is 58.8 Å². The molecule has 0 spiro atoms. The van der Waals surface area contributed by atoms with E-state index in [0.717, 1.165) is 20.8 Å². The number of hydrogen-bond acceptors (Lipinski definition) is 14. The fourth-order valence-corrected chi connectivity index (χ4v) is 4.63. The molecule has 0 bridgehead atoms. The van der Waals surface area contributed by atoms with Crippen LogP contribution in [0.1, 0.15) is 59.3 Å². The summed E-state index contributed by atoms with van der Waals surface area (Å²) in [4.78, 5) is 113. The highest BCUT2D eigenvalue weighted by molar-refractivity contribution is 5.97. The molecule has 1 heterocycles. The smallest absolute Gasteiger partial charge is 0.245 e. The van der Waals surface area contributed by atoms with E-state index in [1.807, 2.05) is 0 Å². The number of carbonyl (C=O) groups is 9. The molecule has 52 heavy (non-hydrogen) atoms. The second kappa shape index (κ2) is 22.8. The zero-order valence-corrected chi connectivity index (χ0v) is 29.1. The molecule has 1 rings (SSSR count). The van der Waals surface area contributed by atoms with Crippen molar-refractivity contribution in [3.8, 4) is 0 Å². The van der Waals surface area contributed by atoms with Crippen molar-refractivity contribution >= 4 is 53.2 Å². The van der Waals surface area contributed by atoms with Crippen molar-refractivity contribution in [3.63, 3.8) is 0 Å². The van der Waals surface area contributed by atoms with Crippen LogP contribution in [-0.2, 0) is 43.2 Å². The molecule has 11 N–H and O–H groups in total. The van der Waals surface area contributed by atoms with Gasteiger partial charge in [-0.1, -0.05) is 0 Å². The van der Waals surface area contributed by atoms with Gasteiger partial charge in [0.05, 0.1) is 19.8 Å². The Morgan fingerprint density at radius 1 is 0.519 bits per heavy atom. The van der Waals surface area contributed by atoms with E-state index in [0.29, 0.717) is 15.2 Å². The number of hydroxylamine groups is 6. The van der Waals surface area contributed by atoms with Gasteiger partial charge in [0.2, 0.25) is 53.2 Å². The lowest BCUT2D eigenvalue weighted by Crippen LogP contribution is -2.61. The van der Waals surface area contributed by atoms with Crippen molar-refractivity contribution in [2.45, 2.75) is 89.5 Å². The minimum absolute atomic E-state index is 0.0508. The summed E-state index contributed by atoms with van der Waals surface area (Å²) in [5.74, 6) is -8.27. The van der Waals surface area contributed by atoms with Gasteiger partial charge in [-0.05, 0) is 38.5 Å². The number of carbonyl (C=O) groups excluding carboxylic acids is 9. The van der Waals surface area contributed by atoms with Gasteiger partial charge < -0.3 is 42.1 Å². The summed E-state index contributed by atoms with van der Waals surface area (Å²) in [5.41, 5.74) is 0. The maximum absolute atomic E-state index is 13.6. The summed E-state index contributed by atoms with van der Waals surface area (Å²) in [7, 11) is 0. The Morgan fingerprint density at radius 3 is 1.13 bits per heavy atom. The summed E-state index contributed by atoms with van der Waals surface area (Å²) in [6, 6.07) is -7.86. The predicted octanol–water partition coefficient (Wildman–Crippen LogP) is -5.42. The first-order chi connectivity index (χ1) is 24.4. The normalized spacial score (nSPS) is 22.3. The van der Waals surface area contributed by atoms with E-state index in [4.69, 9.17) is 0 Å². The lowest BCUT2D eigenvalue weighted by Gasteiger charge is -2.28. The van der Waals surface area contributed by atoms with E-state index in [1.165, 1.54) is 0 Å². The molecule has 1 aliphatic rings. The number of nitrogens with zero attached hydrogens (tertiary/aromatic N) is 3. The molecule has 23 nitrogen and oxygen atoms in total. The van der Waals surface area contributed by atoms with Crippen molar-refractivity contribution in [1.29, 1.82) is 0 Å². The molecule has 0 aliphatic carbocycles. The van der Waals surface area contributed by atoms with Gasteiger partial charge in [0.15, 0.2) is 0 Å². The number of nitrogens with one attached hydrogen (secondary N) is 6. The number of aliphatic hydroxyl groups excluding tert-OH is 2. The van der Waals surface area contributed by atoms with Crippen LogP contribution in [0.4, 0.5) is 0 Å². The first-order valence-electron chi connectivity index (χ1n) is 16.3. The highest BCUT2D eigenvalue weighted by atomic mass is 16.5. The quantitative estimate of drug-likeness (QED) is 0.0584. The molecule has 294 valence electrons. The molecule has 1 fully saturated rings. The van der Waals surface area contributed by atoms with Crippen LogP contribution in [0, 0.1) is 0 Å².